The first-order chi connectivity index (χ1) is 12.0. The molecule has 1 aliphatic rings. The van der Waals surface area contributed by atoms with Gasteiger partial charge in [-0.3, -0.25) is 9.69 Å². The minimum Gasteiger partial charge on any atom is -0.489 e. The number of benzene rings is 1. The van der Waals surface area contributed by atoms with Gasteiger partial charge in [0.15, 0.2) is 0 Å². The van der Waals surface area contributed by atoms with E-state index in [0.717, 1.165) is 36.2 Å². The largest absolute Gasteiger partial charge is 0.489 e. The Morgan fingerprint density at radius 2 is 2.16 bits per heavy atom. The molecule has 1 aromatic heterocycles. The number of rotatable bonds is 5. The number of fused-ring (bicyclic) bond motifs is 1. The third-order valence-electron chi connectivity index (χ3n) is 4.91. The average Bonchev–Trinajstić information content (AvgIpc) is 3.08. The fourth-order valence-corrected chi connectivity index (χ4v) is 3.15. The maximum absolute atomic E-state index is 12.2. The Labute approximate surface area is 149 Å². The molecule has 2 heterocycles. The summed E-state index contributed by atoms with van der Waals surface area (Å²) >= 11 is 0. The summed E-state index contributed by atoms with van der Waals surface area (Å²) in [5.74, 6) is 0.819. The Morgan fingerprint density at radius 3 is 2.84 bits per heavy atom. The summed E-state index contributed by atoms with van der Waals surface area (Å²) in [6.45, 7) is 9.13. The molecule has 1 amide bonds. The molecule has 0 spiro atoms. The molecule has 5 heteroatoms. The topological polar surface area (TPSA) is 45.7 Å². The van der Waals surface area contributed by atoms with Gasteiger partial charge < -0.3 is 9.64 Å². The van der Waals surface area contributed by atoms with E-state index in [0.29, 0.717) is 18.3 Å². The monoisotopic (exact) mass is 341 g/mol. The first kappa shape index (κ1) is 17.7. The van der Waals surface area contributed by atoms with Crippen molar-refractivity contribution in [3.8, 4) is 5.75 Å². The first-order valence-electron chi connectivity index (χ1n) is 9.05. The Kier molecular flexibility index (Phi) is 5.23. The number of aromatic nitrogens is 1. The predicted molar refractivity (Wildman–Crippen MR) is 100 cm³/mol. The third-order valence-corrected chi connectivity index (χ3v) is 4.91. The molecule has 0 aliphatic carbocycles. The van der Waals surface area contributed by atoms with Crippen LogP contribution in [-0.4, -0.2) is 59.5 Å². The lowest BCUT2D eigenvalue weighted by atomic mass is 10.2. The van der Waals surface area contributed by atoms with Crippen molar-refractivity contribution in [3.63, 3.8) is 0 Å². The van der Waals surface area contributed by atoms with Crippen LogP contribution in [0.2, 0.25) is 0 Å². The van der Waals surface area contributed by atoms with E-state index < -0.39 is 0 Å². The summed E-state index contributed by atoms with van der Waals surface area (Å²) in [5.41, 5.74) is 1.30. The van der Waals surface area contributed by atoms with E-state index in [9.17, 15) is 4.79 Å². The van der Waals surface area contributed by atoms with Gasteiger partial charge in [0.05, 0.1) is 5.52 Å². The second-order valence-electron chi connectivity index (χ2n) is 6.99. The molecule has 1 saturated heterocycles. The molecule has 1 aliphatic heterocycles. The second kappa shape index (κ2) is 7.40. The van der Waals surface area contributed by atoms with Gasteiger partial charge in [-0.2, -0.15) is 0 Å². The van der Waals surface area contributed by atoms with Crippen LogP contribution in [0.3, 0.4) is 0 Å². The molecule has 5 nitrogen and oxygen atoms in total. The zero-order valence-corrected chi connectivity index (χ0v) is 15.5. The quantitative estimate of drug-likeness (QED) is 0.838. The van der Waals surface area contributed by atoms with Crippen molar-refractivity contribution in [3.05, 3.63) is 36.0 Å². The maximum atomic E-state index is 12.2. The number of nitrogens with zero attached hydrogens (tertiary/aromatic N) is 3. The Hall–Kier alpha value is -2.14. The molecule has 0 N–H and O–H groups in total. The van der Waals surface area contributed by atoms with Gasteiger partial charge in [-0.15, -0.1) is 0 Å². The van der Waals surface area contributed by atoms with E-state index in [4.69, 9.17) is 4.74 Å². The molecule has 0 radical (unpaired) electrons. The number of hydrogen-bond donors (Lipinski definition) is 0. The normalized spacial score (nSPS) is 18.0. The van der Waals surface area contributed by atoms with Gasteiger partial charge in [0.25, 0.3) is 5.91 Å². The number of likely N-dealkylation sites (tertiary alicyclic amines) is 1. The van der Waals surface area contributed by atoms with Gasteiger partial charge in [0, 0.05) is 38.1 Å². The second-order valence-corrected chi connectivity index (χ2v) is 6.99. The van der Waals surface area contributed by atoms with Gasteiger partial charge in [-0.05, 0) is 51.5 Å². The molecule has 2 aromatic rings. The Morgan fingerprint density at radius 1 is 1.36 bits per heavy atom. The van der Waals surface area contributed by atoms with Crippen LogP contribution >= 0.6 is 0 Å². The molecule has 25 heavy (non-hydrogen) atoms. The van der Waals surface area contributed by atoms with E-state index in [2.05, 4.69) is 23.7 Å². The molecule has 134 valence electrons. The molecule has 1 fully saturated rings. The van der Waals surface area contributed by atoms with Crippen LogP contribution in [0.4, 0.5) is 0 Å². The highest BCUT2D eigenvalue weighted by Gasteiger charge is 2.25. The number of ether oxygens (including phenoxy) is 1. The van der Waals surface area contributed by atoms with Crippen LogP contribution in [0, 0.1) is 0 Å². The summed E-state index contributed by atoms with van der Waals surface area (Å²) in [6.07, 6.45) is 1.30. The van der Waals surface area contributed by atoms with Crippen LogP contribution < -0.4 is 4.74 Å². The van der Waals surface area contributed by atoms with Crippen molar-refractivity contribution in [1.82, 2.24) is 14.8 Å². The highest BCUT2D eigenvalue weighted by atomic mass is 16.5. The molecular weight excluding hydrogens is 314 g/mol. The van der Waals surface area contributed by atoms with Gasteiger partial charge in [0.2, 0.25) is 0 Å². The SMILES string of the molecule is CCN(C)C(=O)c1ccc2cc(OC3CCN(C(C)C)C3)ccc2n1. The van der Waals surface area contributed by atoms with Gasteiger partial charge in [-0.25, -0.2) is 4.98 Å². The zero-order chi connectivity index (χ0) is 18.0. The molecular formula is C20H27N3O2. The van der Waals surface area contributed by atoms with Crippen molar-refractivity contribution in [2.24, 2.45) is 0 Å². The minimum atomic E-state index is -0.0514. The van der Waals surface area contributed by atoms with Crippen molar-refractivity contribution < 1.29 is 9.53 Å². The fraction of sp³-hybridized carbons (Fsp3) is 0.500. The van der Waals surface area contributed by atoms with Crippen LogP contribution in [0.1, 0.15) is 37.7 Å². The van der Waals surface area contributed by atoms with Crippen LogP contribution in [0.15, 0.2) is 30.3 Å². The fourth-order valence-electron chi connectivity index (χ4n) is 3.15. The minimum absolute atomic E-state index is 0.0514. The summed E-state index contributed by atoms with van der Waals surface area (Å²) in [4.78, 5) is 20.8. The van der Waals surface area contributed by atoms with Crippen molar-refractivity contribution >= 4 is 16.8 Å². The molecule has 1 atom stereocenters. The standard InChI is InChI=1S/C20H27N3O2/c1-5-22(4)20(24)19-8-6-15-12-16(7-9-18(15)21-19)25-17-10-11-23(13-17)14(2)3/h6-9,12,14,17H,5,10-11,13H2,1-4H3. The van der Waals surface area contributed by atoms with E-state index >= 15 is 0 Å². The van der Waals surface area contributed by atoms with E-state index in [1.54, 1.807) is 18.0 Å². The van der Waals surface area contributed by atoms with E-state index in [1.807, 2.05) is 31.2 Å². The summed E-state index contributed by atoms with van der Waals surface area (Å²) in [5, 5.41) is 0.993. The lowest BCUT2D eigenvalue weighted by Gasteiger charge is -2.20. The predicted octanol–water partition coefficient (Wildman–Crippen LogP) is 3.19. The van der Waals surface area contributed by atoms with Crippen LogP contribution in [0.5, 0.6) is 5.75 Å². The average molecular weight is 341 g/mol. The van der Waals surface area contributed by atoms with E-state index in [1.165, 1.54) is 0 Å². The molecule has 1 unspecified atom stereocenters. The van der Waals surface area contributed by atoms with Gasteiger partial charge >= 0.3 is 0 Å². The van der Waals surface area contributed by atoms with Crippen LogP contribution in [0.25, 0.3) is 10.9 Å². The number of amides is 1. The van der Waals surface area contributed by atoms with Gasteiger partial charge in [0.1, 0.15) is 17.5 Å². The highest BCUT2D eigenvalue weighted by Crippen LogP contribution is 2.24. The number of carbonyl (C=O) groups excluding carboxylic acids is 1. The summed E-state index contributed by atoms with van der Waals surface area (Å²) in [6, 6.07) is 10.2. The Balaban J connectivity index is 1.74. The molecule has 1 aromatic carbocycles. The number of carbonyl (C=O) groups is 1. The van der Waals surface area contributed by atoms with Crippen LogP contribution in [-0.2, 0) is 0 Å². The lowest BCUT2D eigenvalue weighted by Crippen LogP contribution is -2.30. The highest BCUT2D eigenvalue weighted by molar-refractivity contribution is 5.94. The zero-order valence-electron chi connectivity index (χ0n) is 15.5. The molecule has 0 saturated carbocycles. The van der Waals surface area contributed by atoms with Crippen molar-refractivity contribution in [2.45, 2.75) is 39.3 Å². The number of pyridine rings is 1. The van der Waals surface area contributed by atoms with E-state index in [-0.39, 0.29) is 12.0 Å². The molecule has 3 rings (SSSR count). The number of hydrogen-bond acceptors (Lipinski definition) is 4. The maximum Gasteiger partial charge on any atom is 0.272 e. The summed E-state index contributed by atoms with van der Waals surface area (Å²) < 4.78 is 6.15. The molecule has 0 bridgehead atoms. The van der Waals surface area contributed by atoms with Gasteiger partial charge in [-0.1, -0.05) is 6.07 Å². The first-order valence-corrected chi connectivity index (χ1v) is 9.05. The third kappa shape index (κ3) is 3.93. The van der Waals surface area contributed by atoms with Crippen molar-refractivity contribution in [2.75, 3.05) is 26.7 Å². The smallest absolute Gasteiger partial charge is 0.272 e. The summed E-state index contributed by atoms with van der Waals surface area (Å²) in [7, 11) is 1.78. The Bertz CT molecular complexity index is 760. The van der Waals surface area contributed by atoms with Crippen molar-refractivity contribution in [1.29, 1.82) is 0 Å². The lowest BCUT2D eigenvalue weighted by molar-refractivity contribution is 0.0797.